The first-order chi connectivity index (χ1) is 6.22. The Kier molecular flexibility index (Phi) is 4.56. The van der Waals surface area contributed by atoms with E-state index in [-0.39, 0.29) is 6.04 Å². The molecule has 1 unspecified atom stereocenters. The molecule has 4 heteroatoms. The zero-order valence-corrected chi connectivity index (χ0v) is 9.11. The van der Waals surface area contributed by atoms with Crippen molar-refractivity contribution in [2.45, 2.75) is 24.4 Å². The second kappa shape index (κ2) is 5.47. The van der Waals surface area contributed by atoms with Crippen LogP contribution in [0.1, 0.15) is 13.3 Å². The van der Waals surface area contributed by atoms with E-state index in [1.54, 1.807) is 18.0 Å². The number of rotatable bonds is 4. The first-order valence-electron chi connectivity index (χ1n) is 4.22. The quantitative estimate of drug-likeness (QED) is 0.787. The van der Waals surface area contributed by atoms with Gasteiger partial charge < -0.3 is 5.73 Å². The Balaban J connectivity index is 2.41. The summed E-state index contributed by atoms with van der Waals surface area (Å²) in [7, 11) is 0. The van der Waals surface area contributed by atoms with E-state index in [1.807, 2.05) is 12.1 Å². The van der Waals surface area contributed by atoms with Gasteiger partial charge in [-0.3, -0.25) is 0 Å². The molecular formula is C9H13ClN2S. The van der Waals surface area contributed by atoms with Crippen LogP contribution in [0.2, 0.25) is 5.02 Å². The summed E-state index contributed by atoms with van der Waals surface area (Å²) in [6, 6.07) is 4.01. The number of halogens is 1. The summed E-state index contributed by atoms with van der Waals surface area (Å²) in [6.45, 7) is 2.08. The molecular weight excluding hydrogens is 204 g/mol. The van der Waals surface area contributed by atoms with Crippen molar-refractivity contribution in [2.75, 3.05) is 5.75 Å². The maximum Gasteiger partial charge on any atom is 0.0961 e. The van der Waals surface area contributed by atoms with Crippen molar-refractivity contribution in [1.82, 2.24) is 4.98 Å². The highest BCUT2D eigenvalue weighted by atomic mass is 35.5. The number of nitrogens with zero attached hydrogens (tertiary/aromatic N) is 1. The number of pyridine rings is 1. The maximum atomic E-state index is 5.78. The van der Waals surface area contributed by atoms with Crippen LogP contribution in [0.25, 0.3) is 0 Å². The van der Waals surface area contributed by atoms with Gasteiger partial charge in [-0.2, -0.15) is 0 Å². The van der Waals surface area contributed by atoms with Gasteiger partial charge in [-0.05, 0) is 18.6 Å². The van der Waals surface area contributed by atoms with Gasteiger partial charge in [-0.25, -0.2) is 4.98 Å². The minimum absolute atomic E-state index is 0.252. The molecule has 1 aromatic heterocycles. The largest absolute Gasteiger partial charge is 0.327 e. The van der Waals surface area contributed by atoms with Crippen molar-refractivity contribution >= 4 is 23.4 Å². The van der Waals surface area contributed by atoms with Gasteiger partial charge in [0.1, 0.15) is 0 Å². The van der Waals surface area contributed by atoms with Crippen LogP contribution in [0, 0.1) is 0 Å². The summed E-state index contributed by atoms with van der Waals surface area (Å²) >= 11 is 7.37. The highest BCUT2D eigenvalue weighted by molar-refractivity contribution is 7.99. The Bertz CT molecular complexity index is 250. The molecule has 0 spiro atoms. The summed E-state index contributed by atoms with van der Waals surface area (Å²) < 4.78 is 0. The van der Waals surface area contributed by atoms with E-state index in [0.29, 0.717) is 5.02 Å². The molecule has 0 bridgehead atoms. The van der Waals surface area contributed by atoms with Crippen LogP contribution < -0.4 is 5.73 Å². The summed E-state index contributed by atoms with van der Waals surface area (Å²) in [5.41, 5.74) is 5.78. The van der Waals surface area contributed by atoms with Crippen molar-refractivity contribution in [2.24, 2.45) is 5.73 Å². The van der Waals surface area contributed by atoms with Gasteiger partial charge in [0.05, 0.1) is 10.0 Å². The monoisotopic (exact) mass is 216 g/mol. The van der Waals surface area contributed by atoms with E-state index in [0.717, 1.165) is 17.2 Å². The van der Waals surface area contributed by atoms with Crippen molar-refractivity contribution in [1.29, 1.82) is 0 Å². The fourth-order valence-corrected chi connectivity index (χ4v) is 1.78. The first-order valence-corrected chi connectivity index (χ1v) is 5.58. The molecule has 0 fully saturated rings. The molecule has 0 aliphatic carbocycles. The summed E-state index contributed by atoms with van der Waals surface area (Å²) in [4.78, 5) is 4.16. The molecule has 0 amide bonds. The van der Waals surface area contributed by atoms with E-state index in [2.05, 4.69) is 11.9 Å². The molecule has 0 aromatic carbocycles. The molecule has 0 radical (unpaired) electrons. The van der Waals surface area contributed by atoms with Crippen LogP contribution >= 0.6 is 23.4 Å². The maximum absolute atomic E-state index is 5.78. The predicted octanol–water partition coefficient (Wildman–Crippen LogP) is 2.56. The Morgan fingerprint density at radius 3 is 2.92 bits per heavy atom. The van der Waals surface area contributed by atoms with Gasteiger partial charge in [0.25, 0.3) is 0 Å². The second-order valence-electron chi connectivity index (χ2n) is 2.79. The summed E-state index contributed by atoms with van der Waals surface area (Å²) in [5, 5.41) is 1.65. The van der Waals surface area contributed by atoms with Crippen LogP contribution in [-0.2, 0) is 0 Å². The molecule has 1 atom stereocenters. The first kappa shape index (κ1) is 10.8. The van der Waals surface area contributed by atoms with Gasteiger partial charge in [0, 0.05) is 18.0 Å². The topological polar surface area (TPSA) is 38.9 Å². The molecule has 0 aliphatic heterocycles. The lowest BCUT2D eigenvalue weighted by Crippen LogP contribution is -2.21. The Morgan fingerprint density at radius 2 is 2.38 bits per heavy atom. The van der Waals surface area contributed by atoms with Crippen molar-refractivity contribution < 1.29 is 0 Å². The lowest BCUT2D eigenvalue weighted by Gasteiger charge is -2.06. The Morgan fingerprint density at radius 1 is 1.62 bits per heavy atom. The lowest BCUT2D eigenvalue weighted by molar-refractivity contribution is 0.724. The van der Waals surface area contributed by atoms with Crippen LogP contribution in [0.5, 0.6) is 0 Å². The molecule has 1 rings (SSSR count). The minimum atomic E-state index is 0.252. The number of hydrogen-bond donors (Lipinski definition) is 1. The van der Waals surface area contributed by atoms with E-state index in [1.165, 1.54) is 0 Å². The predicted molar refractivity (Wildman–Crippen MR) is 58.2 cm³/mol. The van der Waals surface area contributed by atoms with Crippen LogP contribution in [0.15, 0.2) is 23.4 Å². The van der Waals surface area contributed by atoms with Crippen molar-refractivity contribution in [3.63, 3.8) is 0 Å². The van der Waals surface area contributed by atoms with Crippen molar-refractivity contribution in [3.05, 3.63) is 23.4 Å². The summed E-state index contributed by atoms with van der Waals surface area (Å²) in [5.74, 6) is 0.908. The highest BCUT2D eigenvalue weighted by Crippen LogP contribution is 2.17. The third kappa shape index (κ3) is 3.98. The molecule has 2 N–H and O–H groups in total. The zero-order valence-electron chi connectivity index (χ0n) is 7.53. The SMILES string of the molecule is CCC(N)CSc1ccc(Cl)cn1. The van der Waals surface area contributed by atoms with Crippen molar-refractivity contribution in [3.8, 4) is 0 Å². The van der Waals surface area contributed by atoms with Gasteiger partial charge in [0.2, 0.25) is 0 Å². The molecule has 0 saturated heterocycles. The van der Waals surface area contributed by atoms with Gasteiger partial charge in [-0.15, -0.1) is 11.8 Å². The standard InChI is InChI=1S/C9H13ClN2S/c1-2-8(11)6-13-9-4-3-7(10)5-12-9/h3-5,8H,2,6,11H2,1H3. The number of nitrogens with two attached hydrogens (primary N) is 1. The lowest BCUT2D eigenvalue weighted by atomic mass is 10.3. The van der Waals surface area contributed by atoms with Crippen LogP contribution in [-0.4, -0.2) is 16.8 Å². The number of aromatic nitrogens is 1. The molecule has 72 valence electrons. The molecule has 2 nitrogen and oxygen atoms in total. The van der Waals surface area contributed by atoms with Gasteiger partial charge in [0.15, 0.2) is 0 Å². The van der Waals surface area contributed by atoms with Crippen LogP contribution in [0.3, 0.4) is 0 Å². The average Bonchev–Trinajstić information content (AvgIpc) is 2.16. The fraction of sp³-hybridized carbons (Fsp3) is 0.444. The Labute approximate surface area is 87.9 Å². The van der Waals surface area contributed by atoms with E-state index in [4.69, 9.17) is 17.3 Å². The fourth-order valence-electron chi connectivity index (χ4n) is 0.758. The van der Waals surface area contributed by atoms with Gasteiger partial charge in [-0.1, -0.05) is 18.5 Å². The highest BCUT2D eigenvalue weighted by Gasteiger charge is 2.01. The third-order valence-electron chi connectivity index (χ3n) is 1.67. The molecule has 1 aromatic rings. The van der Waals surface area contributed by atoms with E-state index >= 15 is 0 Å². The average molecular weight is 217 g/mol. The summed E-state index contributed by atoms with van der Waals surface area (Å²) in [6.07, 6.45) is 2.65. The smallest absolute Gasteiger partial charge is 0.0961 e. The third-order valence-corrected chi connectivity index (χ3v) is 3.03. The minimum Gasteiger partial charge on any atom is -0.327 e. The molecule has 13 heavy (non-hydrogen) atoms. The van der Waals surface area contributed by atoms with E-state index < -0.39 is 0 Å². The van der Waals surface area contributed by atoms with Gasteiger partial charge >= 0.3 is 0 Å². The number of hydrogen-bond acceptors (Lipinski definition) is 3. The van der Waals surface area contributed by atoms with Crippen LogP contribution in [0.4, 0.5) is 0 Å². The molecule has 1 heterocycles. The molecule has 0 saturated carbocycles. The molecule has 0 aliphatic rings. The zero-order chi connectivity index (χ0) is 9.68. The normalized spacial score (nSPS) is 12.8. The number of thioether (sulfide) groups is 1. The second-order valence-corrected chi connectivity index (χ2v) is 4.27. The van der Waals surface area contributed by atoms with E-state index in [9.17, 15) is 0 Å². The Hall–Kier alpha value is -0.250.